The van der Waals surface area contributed by atoms with Crippen LogP contribution in [-0.4, -0.2) is 14.7 Å². The summed E-state index contributed by atoms with van der Waals surface area (Å²) in [5.41, 5.74) is 2.91. The molecule has 0 N–H and O–H groups in total. The molecule has 0 amide bonds. The van der Waals surface area contributed by atoms with E-state index in [2.05, 4.69) is 25.9 Å². The van der Waals surface area contributed by atoms with Gasteiger partial charge in [0, 0.05) is 30.4 Å². The van der Waals surface area contributed by atoms with Gasteiger partial charge in [-0.2, -0.15) is 0 Å². The van der Waals surface area contributed by atoms with Crippen LogP contribution >= 0.6 is 0 Å². The maximum absolute atomic E-state index is 12.7. The average Bonchev–Trinajstić information content (AvgIpc) is 2.94. The van der Waals surface area contributed by atoms with E-state index in [1.54, 1.807) is 4.57 Å². The second-order valence-corrected chi connectivity index (χ2v) is 7.94. The van der Waals surface area contributed by atoms with Gasteiger partial charge in [-0.15, -0.1) is 0 Å². The van der Waals surface area contributed by atoms with Crippen molar-refractivity contribution in [3.05, 3.63) is 45.0 Å². The summed E-state index contributed by atoms with van der Waals surface area (Å²) in [7, 11) is 1.81. The van der Waals surface area contributed by atoms with Gasteiger partial charge in [-0.3, -0.25) is 9.36 Å². The normalized spacial score (nSPS) is 28.0. The van der Waals surface area contributed by atoms with E-state index in [0.29, 0.717) is 5.92 Å². The van der Waals surface area contributed by atoms with Gasteiger partial charge < -0.3 is 4.52 Å². The van der Waals surface area contributed by atoms with Crippen molar-refractivity contribution in [1.29, 1.82) is 0 Å². The summed E-state index contributed by atoms with van der Waals surface area (Å²) < 4.78 is 7.25. The molecule has 124 valence electrons. The van der Waals surface area contributed by atoms with Gasteiger partial charge in [-0.25, -0.2) is 4.98 Å². The first kappa shape index (κ1) is 14.7. The molecule has 2 aromatic heterocycles. The molecule has 0 saturated heterocycles. The van der Waals surface area contributed by atoms with Gasteiger partial charge in [0.15, 0.2) is 0 Å². The topological polar surface area (TPSA) is 60.9 Å². The van der Waals surface area contributed by atoms with E-state index >= 15 is 0 Å². The summed E-state index contributed by atoms with van der Waals surface area (Å²) in [6, 6.07) is 0. The summed E-state index contributed by atoms with van der Waals surface area (Å²) >= 11 is 0. The molecular weight excluding hydrogens is 290 g/mol. The van der Waals surface area contributed by atoms with Gasteiger partial charge in [0.05, 0.1) is 11.9 Å². The van der Waals surface area contributed by atoms with Crippen molar-refractivity contribution >= 4 is 0 Å². The van der Waals surface area contributed by atoms with Gasteiger partial charge in [0.1, 0.15) is 11.6 Å². The first-order valence-corrected chi connectivity index (χ1v) is 8.28. The molecule has 4 rings (SSSR count). The van der Waals surface area contributed by atoms with Crippen molar-refractivity contribution in [2.75, 3.05) is 0 Å². The van der Waals surface area contributed by atoms with E-state index in [0.717, 1.165) is 47.7 Å². The average molecular weight is 315 g/mol. The minimum Gasteiger partial charge on any atom is -0.361 e. The fourth-order valence-electron chi connectivity index (χ4n) is 5.06. The van der Waals surface area contributed by atoms with Crippen LogP contribution in [0.3, 0.4) is 0 Å². The largest absolute Gasteiger partial charge is 0.361 e. The lowest BCUT2D eigenvalue weighted by atomic mass is 9.51. The van der Waals surface area contributed by atoms with E-state index in [-0.39, 0.29) is 17.8 Å². The molecule has 0 aliphatic heterocycles. The Balaban J connectivity index is 0.00000169. The van der Waals surface area contributed by atoms with Crippen molar-refractivity contribution < 1.29 is 5.95 Å². The zero-order chi connectivity index (χ0) is 16.6. The third-order valence-electron chi connectivity index (χ3n) is 6.26. The first-order chi connectivity index (χ1) is 10.8. The quantitative estimate of drug-likeness (QED) is 0.750. The zero-order valence-corrected chi connectivity index (χ0v) is 14.4. The van der Waals surface area contributed by atoms with E-state index < -0.39 is 0 Å². The Hall–Kier alpha value is -1.91. The molecule has 0 radical (unpaired) electrons. The summed E-state index contributed by atoms with van der Waals surface area (Å²) in [6.45, 7) is 8.64. The standard InChI is InChI=1S/C18H23N3O2.H2/c1-10-20-14-12(16(22)21(10)5)6-7-13-17(2,3)15-11(9-19-23-15)8-18(13,14)4;/h9,13H,6-8H2,1-5H3;1H/t13?,18-;/m0./s1. The fourth-order valence-corrected chi connectivity index (χ4v) is 5.06. The van der Waals surface area contributed by atoms with Crippen LogP contribution in [-0.2, 0) is 30.7 Å². The lowest BCUT2D eigenvalue weighted by molar-refractivity contribution is 0.107. The van der Waals surface area contributed by atoms with E-state index in [9.17, 15) is 4.79 Å². The van der Waals surface area contributed by atoms with Crippen LogP contribution < -0.4 is 5.56 Å². The van der Waals surface area contributed by atoms with Crippen molar-refractivity contribution in [1.82, 2.24) is 14.7 Å². The fraction of sp³-hybridized carbons (Fsp3) is 0.611. The van der Waals surface area contributed by atoms with Crippen molar-refractivity contribution in [2.45, 2.75) is 57.8 Å². The van der Waals surface area contributed by atoms with Crippen LogP contribution in [0.4, 0.5) is 0 Å². The SMILES string of the molecule is Cc1nc2c(c(=O)n1C)CCC1C(C)(C)c3oncc3C[C@]21C.[HH]. The van der Waals surface area contributed by atoms with Crippen LogP contribution in [0.25, 0.3) is 0 Å². The Morgan fingerprint density at radius 3 is 2.87 bits per heavy atom. The third-order valence-corrected chi connectivity index (χ3v) is 6.26. The molecule has 2 heterocycles. The van der Waals surface area contributed by atoms with E-state index in [1.807, 2.05) is 20.2 Å². The molecular formula is C18H25N3O2. The summed E-state index contributed by atoms with van der Waals surface area (Å²) in [5.74, 6) is 2.18. The Morgan fingerprint density at radius 1 is 1.39 bits per heavy atom. The monoisotopic (exact) mass is 315 g/mol. The third kappa shape index (κ3) is 1.71. The number of hydrogen-bond donors (Lipinski definition) is 0. The number of nitrogens with zero attached hydrogens (tertiary/aromatic N) is 3. The minimum absolute atomic E-state index is 0. The van der Waals surface area contributed by atoms with Gasteiger partial charge in [-0.05, 0) is 32.1 Å². The number of aryl methyl sites for hydroxylation is 1. The molecule has 23 heavy (non-hydrogen) atoms. The highest BCUT2D eigenvalue weighted by Gasteiger charge is 2.55. The lowest BCUT2D eigenvalue weighted by Gasteiger charge is -2.51. The number of rotatable bonds is 0. The molecule has 2 aliphatic carbocycles. The highest BCUT2D eigenvalue weighted by molar-refractivity contribution is 5.41. The molecule has 2 atom stereocenters. The van der Waals surface area contributed by atoms with Gasteiger partial charge in [-0.1, -0.05) is 25.9 Å². The van der Waals surface area contributed by atoms with Crippen LogP contribution in [0, 0.1) is 12.8 Å². The highest BCUT2D eigenvalue weighted by Crippen LogP contribution is 2.55. The molecule has 0 spiro atoms. The van der Waals surface area contributed by atoms with Gasteiger partial charge in [0.25, 0.3) is 5.56 Å². The Morgan fingerprint density at radius 2 is 2.13 bits per heavy atom. The second-order valence-electron chi connectivity index (χ2n) is 7.94. The minimum atomic E-state index is -0.145. The first-order valence-electron chi connectivity index (χ1n) is 8.28. The molecule has 0 bridgehead atoms. The Kier molecular flexibility index (Phi) is 2.77. The maximum atomic E-state index is 12.7. The Labute approximate surface area is 137 Å². The zero-order valence-electron chi connectivity index (χ0n) is 14.4. The summed E-state index contributed by atoms with van der Waals surface area (Å²) in [5, 5.41) is 4.03. The van der Waals surface area contributed by atoms with Gasteiger partial charge in [0.2, 0.25) is 0 Å². The summed E-state index contributed by atoms with van der Waals surface area (Å²) in [4.78, 5) is 17.6. The van der Waals surface area contributed by atoms with E-state index in [4.69, 9.17) is 9.51 Å². The second kappa shape index (κ2) is 4.34. The molecule has 2 aromatic rings. The van der Waals surface area contributed by atoms with Crippen molar-refractivity contribution in [2.24, 2.45) is 13.0 Å². The summed E-state index contributed by atoms with van der Waals surface area (Å²) in [6.07, 6.45) is 4.45. The number of aromatic nitrogens is 3. The van der Waals surface area contributed by atoms with Crippen LogP contribution in [0.1, 0.15) is 57.0 Å². The molecule has 5 heteroatoms. The van der Waals surface area contributed by atoms with Crippen molar-refractivity contribution in [3.63, 3.8) is 0 Å². The lowest BCUT2D eigenvalue weighted by Crippen LogP contribution is -2.53. The van der Waals surface area contributed by atoms with Crippen molar-refractivity contribution in [3.8, 4) is 0 Å². The number of fused-ring (bicyclic) bond motifs is 4. The molecule has 0 aromatic carbocycles. The maximum Gasteiger partial charge on any atom is 0.256 e. The predicted octanol–water partition coefficient (Wildman–Crippen LogP) is 2.68. The van der Waals surface area contributed by atoms with Gasteiger partial charge >= 0.3 is 0 Å². The molecule has 2 aliphatic rings. The molecule has 0 saturated carbocycles. The Bertz CT molecular complexity index is 868. The smallest absolute Gasteiger partial charge is 0.256 e. The highest BCUT2D eigenvalue weighted by atomic mass is 16.5. The van der Waals surface area contributed by atoms with Crippen LogP contribution in [0.15, 0.2) is 15.5 Å². The van der Waals surface area contributed by atoms with Crippen LogP contribution in [0.5, 0.6) is 0 Å². The predicted molar refractivity (Wildman–Crippen MR) is 88.7 cm³/mol. The molecule has 5 nitrogen and oxygen atoms in total. The van der Waals surface area contributed by atoms with E-state index in [1.165, 1.54) is 0 Å². The van der Waals surface area contributed by atoms with Crippen LogP contribution in [0.2, 0.25) is 0 Å². The molecule has 1 unspecified atom stereocenters. The number of hydrogen-bond acceptors (Lipinski definition) is 4. The molecule has 0 fully saturated rings.